The second-order valence-electron chi connectivity index (χ2n) is 7.88. The van der Waals surface area contributed by atoms with Crippen molar-refractivity contribution >= 4 is 27.7 Å². The van der Waals surface area contributed by atoms with Gasteiger partial charge < -0.3 is 9.47 Å². The molecule has 1 fully saturated rings. The van der Waals surface area contributed by atoms with E-state index in [1.165, 1.54) is 7.11 Å². The third kappa shape index (κ3) is 6.17. The van der Waals surface area contributed by atoms with Crippen molar-refractivity contribution in [3.63, 3.8) is 0 Å². The van der Waals surface area contributed by atoms with Crippen molar-refractivity contribution in [2.24, 2.45) is 5.41 Å². The van der Waals surface area contributed by atoms with Crippen LogP contribution in [0.25, 0.3) is 0 Å². The molecular formula is C24H31BrO4. The van der Waals surface area contributed by atoms with Crippen molar-refractivity contribution in [2.75, 3.05) is 13.7 Å². The van der Waals surface area contributed by atoms with Crippen LogP contribution >= 0.6 is 15.9 Å². The fourth-order valence-corrected chi connectivity index (χ4v) is 4.92. The summed E-state index contributed by atoms with van der Waals surface area (Å²) in [5, 5.41) is 0. The molecule has 0 spiro atoms. The average Bonchev–Trinajstić information content (AvgIpc) is 2.69. The van der Waals surface area contributed by atoms with Gasteiger partial charge in [-0.3, -0.25) is 9.59 Å². The Balaban J connectivity index is 2.18. The second-order valence-corrected chi connectivity index (χ2v) is 8.74. The number of methoxy groups -OCH3 is 1. The predicted molar refractivity (Wildman–Crippen MR) is 118 cm³/mol. The monoisotopic (exact) mass is 462 g/mol. The van der Waals surface area contributed by atoms with Crippen LogP contribution in [0.1, 0.15) is 69.1 Å². The minimum atomic E-state index is -0.781. The molecule has 1 saturated carbocycles. The molecule has 1 aromatic carbocycles. The topological polar surface area (TPSA) is 52.6 Å². The highest BCUT2D eigenvalue weighted by Crippen LogP contribution is 2.42. The van der Waals surface area contributed by atoms with Gasteiger partial charge in [0, 0.05) is 29.5 Å². The zero-order chi connectivity index (χ0) is 21.4. The molecule has 1 aromatic rings. The second kappa shape index (κ2) is 10.9. The predicted octanol–water partition coefficient (Wildman–Crippen LogP) is 5.16. The fourth-order valence-electron chi connectivity index (χ4n) is 4.22. The Labute approximate surface area is 182 Å². The molecule has 2 unspecified atom stereocenters. The number of aryl methyl sites for hydroxylation is 1. The summed E-state index contributed by atoms with van der Waals surface area (Å²) in [7, 11) is 1.40. The molecule has 0 radical (unpaired) electrons. The van der Waals surface area contributed by atoms with Gasteiger partial charge in [-0.25, -0.2) is 0 Å². The van der Waals surface area contributed by atoms with Gasteiger partial charge in [0.25, 0.3) is 0 Å². The summed E-state index contributed by atoms with van der Waals surface area (Å²) in [4.78, 5) is 25.7. The highest BCUT2D eigenvalue weighted by Gasteiger charge is 2.45. The number of benzene rings is 1. The quantitative estimate of drug-likeness (QED) is 0.395. The molecule has 0 bridgehead atoms. The lowest BCUT2D eigenvalue weighted by atomic mass is 9.69. The number of rotatable bonds is 8. The maximum atomic E-state index is 13.0. The van der Waals surface area contributed by atoms with Crippen LogP contribution < -0.4 is 0 Å². The first-order valence-corrected chi connectivity index (χ1v) is 11.1. The number of Topliss-reactive ketones (excluding diaryl/α,β-unsaturated/α-hetero) is 1. The number of esters is 1. The molecule has 2 atom stereocenters. The third-order valence-electron chi connectivity index (χ3n) is 5.57. The Hall–Kier alpha value is -1.64. The van der Waals surface area contributed by atoms with Crippen LogP contribution in [0, 0.1) is 24.2 Å². The molecule has 5 heteroatoms. The number of halogens is 1. The van der Waals surface area contributed by atoms with Gasteiger partial charge in [0.15, 0.2) is 0 Å². The lowest BCUT2D eigenvalue weighted by Gasteiger charge is -2.38. The lowest BCUT2D eigenvalue weighted by Crippen LogP contribution is -2.42. The summed E-state index contributed by atoms with van der Waals surface area (Å²) < 4.78 is 11.9. The molecular weight excluding hydrogens is 432 g/mol. The van der Waals surface area contributed by atoms with Gasteiger partial charge in [-0.2, -0.15) is 0 Å². The maximum absolute atomic E-state index is 13.0. The molecule has 1 aliphatic rings. The van der Waals surface area contributed by atoms with Gasteiger partial charge in [-0.1, -0.05) is 28.8 Å². The first-order valence-electron chi connectivity index (χ1n) is 10.3. The summed E-state index contributed by atoms with van der Waals surface area (Å²) in [5.41, 5.74) is 2.11. The van der Waals surface area contributed by atoms with E-state index in [1.54, 1.807) is 6.92 Å². The molecule has 0 heterocycles. The number of carbonyl (C=O) groups excluding carboxylic acids is 2. The number of hydrogen-bond acceptors (Lipinski definition) is 4. The molecule has 29 heavy (non-hydrogen) atoms. The van der Waals surface area contributed by atoms with Crippen LogP contribution in [0.3, 0.4) is 0 Å². The number of ketones is 1. The zero-order valence-corrected chi connectivity index (χ0v) is 19.5. The molecule has 4 nitrogen and oxygen atoms in total. The molecule has 1 aliphatic carbocycles. The summed E-state index contributed by atoms with van der Waals surface area (Å²) in [6.45, 7) is 6.53. The van der Waals surface area contributed by atoms with E-state index < -0.39 is 5.41 Å². The summed E-state index contributed by atoms with van der Waals surface area (Å²) in [6.07, 6.45) is 4.43. The molecule has 158 valence electrons. The maximum Gasteiger partial charge on any atom is 0.312 e. The largest absolute Gasteiger partial charge is 0.469 e. The van der Waals surface area contributed by atoms with E-state index in [-0.39, 0.29) is 30.7 Å². The van der Waals surface area contributed by atoms with E-state index in [1.807, 2.05) is 19.1 Å². The van der Waals surface area contributed by atoms with E-state index in [9.17, 15) is 9.59 Å². The van der Waals surface area contributed by atoms with E-state index in [0.717, 1.165) is 40.4 Å². The Morgan fingerprint density at radius 2 is 2.10 bits per heavy atom. The van der Waals surface area contributed by atoms with Gasteiger partial charge in [0.2, 0.25) is 0 Å². The van der Waals surface area contributed by atoms with E-state index in [0.29, 0.717) is 19.4 Å². The Morgan fingerprint density at radius 3 is 2.72 bits per heavy atom. The summed E-state index contributed by atoms with van der Waals surface area (Å²) in [5.74, 6) is 5.69. The molecule has 2 rings (SSSR count). The van der Waals surface area contributed by atoms with Gasteiger partial charge in [0.05, 0.1) is 18.6 Å². The fraction of sp³-hybridized carbons (Fsp3) is 0.583. The van der Waals surface area contributed by atoms with Gasteiger partial charge in [-0.15, -0.1) is 5.92 Å². The first kappa shape index (κ1) is 23.6. The molecule has 0 aromatic heterocycles. The number of ether oxygens (including phenoxy) is 2. The van der Waals surface area contributed by atoms with Crippen LogP contribution in [-0.2, 0) is 25.5 Å². The Bertz CT molecular complexity index is 782. The van der Waals surface area contributed by atoms with Crippen molar-refractivity contribution in [3.8, 4) is 11.8 Å². The minimum Gasteiger partial charge on any atom is -0.469 e. The van der Waals surface area contributed by atoms with Gasteiger partial charge in [-0.05, 0) is 69.2 Å². The van der Waals surface area contributed by atoms with E-state index in [2.05, 4.69) is 34.7 Å². The van der Waals surface area contributed by atoms with Crippen molar-refractivity contribution in [2.45, 2.75) is 71.8 Å². The normalized spacial score (nSPS) is 21.2. The highest BCUT2D eigenvalue weighted by atomic mass is 79.9. The highest BCUT2D eigenvalue weighted by molar-refractivity contribution is 9.10. The van der Waals surface area contributed by atoms with E-state index >= 15 is 0 Å². The van der Waals surface area contributed by atoms with E-state index in [4.69, 9.17) is 9.47 Å². The van der Waals surface area contributed by atoms with Crippen LogP contribution in [0.4, 0.5) is 0 Å². The lowest BCUT2D eigenvalue weighted by molar-refractivity contribution is -0.161. The minimum absolute atomic E-state index is 0.0102. The number of carbonyl (C=O) groups is 2. The molecule has 0 N–H and O–H groups in total. The zero-order valence-electron chi connectivity index (χ0n) is 17.9. The average molecular weight is 463 g/mol. The van der Waals surface area contributed by atoms with Gasteiger partial charge in [0.1, 0.15) is 5.78 Å². The van der Waals surface area contributed by atoms with Crippen LogP contribution in [0.15, 0.2) is 16.6 Å². The first-order chi connectivity index (χ1) is 13.8. The molecule has 0 amide bonds. The van der Waals surface area contributed by atoms with Crippen LogP contribution in [-0.4, -0.2) is 31.6 Å². The Kier molecular flexibility index (Phi) is 8.92. The SMILES string of the molecule is CC#Cc1cc(C)c(CC(=O)CC2(C(=O)OC)CCCC(OCCC)C2)c(Br)c1. The smallest absolute Gasteiger partial charge is 0.312 e. The van der Waals surface area contributed by atoms with Crippen LogP contribution in [0.2, 0.25) is 0 Å². The molecule has 0 aliphatic heterocycles. The number of hydrogen-bond donors (Lipinski definition) is 0. The Morgan fingerprint density at radius 1 is 1.34 bits per heavy atom. The standard InChI is InChI=1S/C24H31BrO4/c1-5-8-18-12-17(3)21(22(25)13-18)14-19(26)15-24(23(27)28-4)10-7-9-20(16-24)29-11-6-2/h12-13,20H,6-7,9-11,14-16H2,1-4H3. The van der Waals surface area contributed by atoms with Gasteiger partial charge >= 0.3 is 5.97 Å². The third-order valence-corrected chi connectivity index (χ3v) is 6.28. The molecule has 0 saturated heterocycles. The van der Waals surface area contributed by atoms with Crippen molar-refractivity contribution in [1.29, 1.82) is 0 Å². The summed E-state index contributed by atoms with van der Waals surface area (Å²) in [6, 6.07) is 3.94. The van der Waals surface area contributed by atoms with Crippen molar-refractivity contribution in [1.82, 2.24) is 0 Å². The van der Waals surface area contributed by atoms with Crippen molar-refractivity contribution < 1.29 is 19.1 Å². The summed E-state index contributed by atoms with van der Waals surface area (Å²) >= 11 is 3.58. The van der Waals surface area contributed by atoms with Crippen LogP contribution in [0.5, 0.6) is 0 Å². The van der Waals surface area contributed by atoms with Crippen molar-refractivity contribution in [3.05, 3.63) is 33.3 Å².